The standard InChI is InChI=1S/C28H26INO6S/c1-4-34-23-14-19(15-24-26(31)30(28(33)37-24)17(3)27(32)35-5-2)13-22(29)25(23)36-16-18-10-11-20-8-6-7-9-21(20)12-18/h6-15,17H,4-5,16H2,1-3H3/b24-15+/t17-/m0/s1. The van der Waals surface area contributed by atoms with Gasteiger partial charge < -0.3 is 14.2 Å². The Morgan fingerprint density at radius 3 is 2.51 bits per heavy atom. The van der Waals surface area contributed by atoms with E-state index in [1.54, 1.807) is 19.1 Å². The second-order valence-corrected chi connectivity index (χ2v) is 10.4. The number of ether oxygens (including phenoxy) is 3. The molecule has 1 aliphatic heterocycles. The molecule has 3 aromatic rings. The Hall–Kier alpha value is -3.05. The Morgan fingerprint density at radius 2 is 1.78 bits per heavy atom. The van der Waals surface area contributed by atoms with Gasteiger partial charge in [0.25, 0.3) is 11.1 Å². The van der Waals surface area contributed by atoms with Crippen molar-refractivity contribution in [1.29, 1.82) is 0 Å². The Kier molecular flexibility index (Phi) is 8.75. The highest BCUT2D eigenvalue weighted by Crippen LogP contribution is 2.38. The number of fused-ring (bicyclic) bond motifs is 1. The molecule has 0 aromatic heterocycles. The second kappa shape index (κ2) is 12.0. The van der Waals surface area contributed by atoms with Crippen LogP contribution in [-0.4, -0.2) is 41.3 Å². The monoisotopic (exact) mass is 631 g/mol. The number of rotatable bonds is 9. The number of thioether (sulfide) groups is 1. The van der Waals surface area contributed by atoms with Crippen LogP contribution in [0.4, 0.5) is 4.79 Å². The summed E-state index contributed by atoms with van der Waals surface area (Å²) in [4.78, 5) is 38.7. The number of halogens is 1. The van der Waals surface area contributed by atoms with Crippen LogP contribution in [0.2, 0.25) is 0 Å². The van der Waals surface area contributed by atoms with Gasteiger partial charge in [-0.1, -0.05) is 36.4 Å². The van der Waals surface area contributed by atoms with Gasteiger partial charge in [-0.15, -0.1) is 0 Å². The van der Waals surface area contributed by atoms with E-state index in [4.69, 9.17) is 14.2 Å². The maximum atomic E-state index is 12.9. The topological polar surface area (TPSA) is 82.1 Å². The van der Waals surface area contributed by atoms with Crippen LogP contribution in [-0.2, 0) is 20.9 Å². The van der Waals surface area contributed by atoms with Crippen LogP contribution in [0, 0.1) is 3.57 Å². The van der Waals surface area contributed by atoms with Gasteiger partial charge in [0.1, 0.15) is 12.6 Å². The van der Waals surface area contributed by atoms with E-state index >= 15 is 0 Å². The van der Waals surface area contributed by atoms with Crippen LogP contribution >= 0.6 is 34.4 Å². The molecule has 7 nitrogen and oxygen atoms in total. The van der Waals surface area contributed by atoms with Crippen molar-refractivity contribution in [2.75, 3.05) is 13.2 Å². The lowest BCUT2D eigenvalue weighted by atomic mass is 10.1. The summed E-state index contributed by atoms with van der Waals surface area (Å²) >= 11 is 2.97. The third-order valence-corrected chi connectivity index (χ3v) is 7.35. The number of esters is 1. The third-order valence-electron chi connectivity index (χ3n) is 5.67. The molecular formula is C28H26INO6S. The van der Waals surface area contributed by atoms with Gasteiger partial charge in [-0.2, -0.15) is 0 Å². The van der Waals surface area contributed by atoms with Gasteiger partial charge in [-0.3, -0.25) is 14.5 Å². The molecule has 1 atom stereocenters. The van der Waals surface area contributed by atoms with Crippen LogP contribution in [0.5, 0.6) is 11.5 Å². The Bertz CT molecular complexity index is 1390. The molecule has 37 heavy (non-hydrogen) atoms. The molecule has 0 radical (unpaired) electrons. The minimum absolute atomic E-state index is 0.170. The first-order valence-corrected chi connectivity index (χ1v) is 13.7. The number of nitrogens with zero attached hydrogens (tertiary/aromatic N) is 1. The minimum Gasteiger partial charge on any atom is -0.490 e. The fourth-order valence-corrected chi connectivity index (χ4v) is 5.58. The lowest BCUT2D eigenvalue weighted by Crippen LogP contribution is -2.42. The van der Waals surface area contributed by atoms with Crippen molar-refractivity contribution in [2.24, 2.45) is 0 Å². The van der Waals surface area contributed by atoms with Crippen LogP contribution in [0.3, 0.4) is 0 Å². The summed E-state index contributed by atoms with van der Waals surface area (Å²) in [5, 5.41) is 1.80. The predicted octanol–water partition coefficient (Wildman–Crippen LogP) is 6.41. The number of benzene rings is 3. The normalized spacial score (nSPS) is 15.4. The van der Waals surface area contributed by atoms with Crippen molar-refractivity contribution >= 4 is 68.3 Å². The molecule has 3 aromatic carbocycles. The van der Waals surface area contributed by atoms with Gasteiger partial charge >= 0.3 is 5.97 Å². The van der Waals surface area contributed by atoms with E-state index in [0.29, 0.717) is 30.3 Å². The first kappa shape index (κ1) is 27.0. The summed E-state index contributed by atoms with van der Waals surface area (Å²) in [7, 11) is 0. The van der Waals surface area contributed by atoms with Crippen molar-refractivity contribution in [1.82, 2.24) is 4.90 Å². The highest BCUT2D eigenvalue weighted by atomic mass is 127. The first-order chi connectivity index (χ1) is 17.8. The van der Waals surface area contributed by atoms with Crippen LogP contribution in [0.15, 0.2) is 59.5 Å². The van der Waals surface area contributed by atoms with E-state index < -0.39 is 23.2 Å². The number of carbonyl (C=O) groups excluding carboxylic acids is 3. The second-order valence-electron chi connectivity index (χ2n) is 8.21. The molecule has 4 rings (SSSR count). The van der Waals surface area contributed by atoms with Crippen molar-refractivity contribution < 1.29 is 28.6 Å². The molecule has 9 heteroatoms. The predicted molar refractivity (Wildman–Crippen MR) is 153 cm³/mol. The summed E-state index contributed by atoms with van der Waals surface area (Å²) in [6, 6.07) is 17.0. The van der Waals surface area contributed by atoms with E-state index in [9.17, 15) is 14.4 Å². The van der Waals surface area contributed by atoms with Gasteiger partial charge in [-0.05, 0) is 101 Å². The number of amides is 2. The largest absolute Gasteiger partial charge is 0.490 e. The smallest absolute Gasteiger partial charge is 0.329 e. The molecule has 0 unspecified atom stereocenters. The zero-order chi connectivity index (χ0) is 26.5. The lowest BCUT2D eigenvalue weighted by molar-refractivity contribution is -0.150. The average Bonchev–Trinajstić information content (AvgIpc) is 3.15. The minimum atomic E-state index is -0.997. The Balaban J connectivity index is 1.56. The highest BCUT2D eigenvalue weighted by molar-refractivity contribution is 14.1. The van der Waals surface area contributed by atoms with Gasteiger partial charge in [0, 0.05) is 0 Å². The number of hydrogen-bond acceptors (Lipinski definition) is 7. The van der Waals surface area contributed by atoms with E-state index in [1.807, 2.05) is 31.2 Å². The fraction of sp³-hybridized carbons (Fsp3) is 0.250. The molecule has 0 N–H and O–H groups in total. The summed E-state index contributed by atoms with van der Waals surface area (Å²) in [5.74, 6) is 0.00431. The zero-order valence-corrected chi connectivity index (χ0v) is 23.6. The van der Waals surface area contributed by atoms with Crippen molar-refractivity contribution in [2.45, 2.75) is 33.4 Å². The van der Waals surface area contributed by atoms with Gasteiger partial charge in [0.05, 0.1) is 21.7 Å². The average molecular weight is 631 g/mol. The highest BCUT2D eigenvalue weighted by Gasteiger charge is 2.41. The number of hydrogen-bond donors (Lipinski definition) is 0. The summed E-state index contributed by atoms with van der Waals surface area (Å²) in [6.07, 6.45) is 1.63. The van der Waals surface area contributed by atoms with Crippen molar-refractivity contribution in [3.8, 4) is 11.5 Å². The van der Waals surface area contributed by atoms with Gasteiger partial charge in [-0.25, -0.2) is 4.79 Å². The Morgan fingerprint density at radius 1 is 1.03 bits per heavy atom. The molecule has 0 aliphatic carbocycles. The Labute approximate surface area is 233 Å². The SMILES string of the molecule is CCOC(=O)[C@H](C)N1C(=O)S/C(=C/c2cc(I)c(OCc3ccc4ccccc4c3)c(OCC)c2)C1=O. The fourth-order valence-electron chi connectivity index (χ4n) is 3.89. The summed E-state index contributed by atoms with van der Waals surface area (Å²) < 4.78 is 17.8. The molecule has 1 aliphatic rings. The van der Waals surface area contributed by atoms with Gasteiger partial charge in [0.2, 0.25) is 0 Å². The number of imide groups is 1. The van der Waals surface area contributed by atoms with Crippen molar-refractivity contribution in [3.63, 3.8) is 0 Å². The van der Waals surface area contributed by atoms with Crippen molar-refractivity contribution in [3.05, 3.63) is 74.2 Å². The maximum absolute atomic E-state index is 12.9. The van der Waals surface area contributed by atoms with Gasteiger partial charge in [0.15, 0.2) is 11.5 Å². The maximum Gasteiger partial charge on any atom is 0.329 e. The van der Waals surface area contributed by atoms with Crippen LogP contribution in [0.25, 0.3) is 16.8 Å². The van der Waals surface area contributed by atoms with E-state index in [-0.39, 0.29) is 11.5 Å². The molecule has 1 heterocycles. The molecule has 2 amide bonds. The van der Waals surface area contributed by atoms with E-state index in [2.05, 4.69) is 46.9 Å². The van der Waals surface area contributed by atoms with E-state index in [1.165, 1.54) is 12.3 Å². The molecule has 1 saturated heterocycles. The molecule has 192 valence electrons. The quantitative estimate of drug-likeness (QED) is 0.153. The molecule has 1 fully saturated rings. The molecular weight excluding hydrogens is 605 g/mol. The van der Waals surface area contributed by atoms with E-state index in [0.717, 1.165) is 31.2 Å². The summed E-state index contributed by atoms with van der Waals surface area (Å²) in [5.41, 5.74) is 1.71. The van der Waals surface area contributed by atoms with Crippen LogP contribution < -0.4 is 9.47 Å². The zero-order valence-electron chi connectivity index (χ0n) is 20.7. The molecule has 0 saturated carbocycles. The molecule has 0 spiro atoms. The first-order valence-electron chi connectivity index (χ1n) is 11.8. The lowest BCUT2D eigenvalue weighted by Gasteiger charge is -2.19. The molecule has 0 bridgehead atoms. The third kappa shape index (κ3) is 6.10. The summed E-state index contributed by atoms with van der Waals surface area (Å²) in [6.45, 7) is 6.00. The number of carbonyl (C=O) groups is 3. The van der Waals surface area contributed by atoms with Crippen LogP contribution in [0.1, 0.15) is 31.9 Å².